The predicted molar refractivity (Wildman–Crippen MR) is 76.6 cm³/mol. The van der Waals surface area contributed by atoms with Gasteiger partial charge in [-0.05, 0) is 29.5 Å². The second-order valence-electron chi connectivity index (χ2n) is 4.98. The van der Waals surface area contributed by atoms with Crippen molar-refractivity contribution in [2.24, 2.45) is 11.8 Å². The lowest BCUT2D eigenvalue weighted by Crippen LogP contribution is -2.30. The molecule has 0 amide bonds. The van der Waals surface area contributed by atoms with Crippen LogP contribution in [0.5, 0.6) is 0 Å². The molecule has 0 aromatic heterocycles. The number of aliphatic hydroxyl groups is 1. The highest BCUT2D eigenvalue weighted by Gasteiger charge is 2.17. The van der Waals surface area contributed by atoms with Gasteiger partial charge in [0.25, 0.3) is 0 Å². The van der Waals surface area contributed by atoms with Crippen LogP contribution in [0.2, 0.25) is 5.02 Å². The molecular formula is C13H20ClNO3S. The Morgan fingerprint density at radius 3 is 2.42 bits per heavy atom. The van der Waals surface area contributed by atoms with E-state index in [2.05, 4.69) is 4.72 Å². The van der Waals surface area contributed by atoms with Gasteiger partial charge in [-0.15, -0.1) is 0 Å². The first-order chi connectivity index (χ1) is 8.77. The number of hydrogen-bond acceptors (Lipinski definition) is 3. The van der Waals surface area contributed by atoms with E-state index in [9.17, 15) is 8.42 Å². The van der Waals surface area contributed by atoms with Gasteiger partial charge in [0.2, 0.25) is 10.0 Å². The van der Waals surface area contributed by atoms with Gasteiger partial charge in [0, 0.05) is 11.6 Å². The quantitative estimate of drug-likeness (QED) is 0.848. The molecule has 0 fully saturated rings. The number of benzene rings is 1. The highest BCUT2D eigenvalue weighted by Crippen LogP contribution is 2.21. The lowest BCUT2D eigenvalue weighted by Gasteiger charge is -2.16. The number of rotatable bonds is 6. The summed E-state index contributed by atoms with van der Waals surface area (Å²) in [4.78, 5) is 0.116. The molecule has 2 N–H and O–H groups in total. The molecule has 1 rings (SSSR count). The standard InChI is InChI=1S/C13H20ClNO3S/c1-9(2)10(3)7-15-19(17,18)12-5-4-11(8-16)13(14)6-12/h4-6,9-10,15-16H,7-8H2,1-3H3. The molecule has 0 spiro atoms. The molecule has 0 aliphatic heterocycles. The van der Waals surface area contributed by atoms with Crippen molar-refractivity contribution in [1.29, 1.82) is 0 Å². The zero-order valence-electron chi connectivity index (χ0n) is 11.4. The van der Waals surface area contributed by atoms with Crippen molar-refractivity contribution >= 4 is 21.6 Å². The summed E-state index contributed by atoms with van der Waals surface area (Å²) < 4.78 is 26.7. The topological polar surface area (TPSA) is 66.4 Å². The van der Waals surface area contributed by atoms with Gasteiger partial charge in [0.15, 0.2) is 0 Å². The van der Waals surface area contributed by atoms with Gasteiger partial charge in [-0.2, -0.15) is 0 Å². The van der Waals surface area contributed by atoms with Gasteiger partial charge >= 0.3 is 0 Å². The zero-order valence-corrected chi connectivity index (χ0v) is 12.9. The predicted octanol–water partition coefficient (Wildman–Crippen LogP) is 2.40. The van der Waals surface area contributed by atoms with Crippen LogP contribution in [0.15, 0.2) is 23.1 Å². The Labute approximate surface area is 119 Å². The van der Waals surface area contributed by atoms with E-state index in [1.54, 1.807) is 0 Å². The molecule has 0 heterocycles. The highest BCUT2D eigenvalue weighted by atomic mass is 35.5. The van der Waals surface area contributed by atoms with Crippen LogP contribution in [-0.4, -0.2) is 20.1 Å². The fourth-order valence-corrected chi connectivity index (χ4v) is 2.86. The summed E-state index contributed by atoms with van der Waals surface area (Å²) in [6, 6.07) is 4.32. The smallest absolute Gasteiger partial charge is 0.240 e. The summed E-state index contributed by atoms with van der Waals surface area (Å²) >= 11 is 5.90. The Kier molecular flexibility index (Phi) is 5.80. The van der Waals surface area contributed by atoms with E-state index in [1.165, 1.54) is 18.2 Å². The third-order valence-corrected chi connectivity index (χ3v) is 5.01. The number of aliphatic hydroxyl groups excluding tert-OH is 1. The Morgan fingerprint density at radius 1 is 1.32 bits per heavy atom. The van der Waals surface area contributed by atoms with E-state index in [0.29, 0.717) is 18.0 Å². The van der Waals surface area contributed by atoms with E-state index in [0.717, 1.165) is 0 Å². The number of nitrogens with one attached hydrogen (secondary N) is 1. The summed E-state index contributed by atoms with van der Waals surface area (Å²) in [5, 5.41) is 9.25. The van der Waals surface area contributed by atoms with Crippen LogP contribution >= 0.6 is 11.6 Å². The molecule has 0 radical (unpaired) electrons. The summed E-state index contributed by atoms with van der Waals surface area (Å²) in [5.41, 5.74) is 0.510. The Morgan fingerprint density at radius 2 is 1.95 bits per heavy atom. The van der Waals surface area contributed by atoms with Crippen LogP contribution in [0.3, 0.4) is 0 Å². The van der Waals surface area contributed by atoms with E-state index < -0.39 is 10.0 Å². The van der Waals surface area contributed by atoms with Gasteiger partial charge in [0.05, 0.1) is 11.5 Å². The Bertz CT molecular complexity index is 529. The van der Waals surface area contributed by atoms with E-state index in [-0.39, 0.29) is 22.4 Å². The second-order valence-corrected chi connectivity index (χ2v) is 7.16. The largest absolute Gasteiger partial charge is 0.392 e. The van der Waals surface area contributed by atoms with Gasteiger partial charge in [-0.3, -0.25) is 0 Å². The van der Waals surface area contributed by atoms with Gasteiger partial charge in [-0.25, -0.2) is 13.1 Å². The van der Waals surface area contributed by atoms with Crippen LogP contribution in [0, 0.1) is 11.8 Å². The van der Waals surface area contributed by atoms with E-state index in [4.69, 9.17) is 16.7 Å². The summed E-state index contributed by atoms with van der Waals surface area (Å²) in [5.74, 6) is 0.657. The third-order valence-electron chi connectivity index (χ3n) is 3.24. The maximum absolute atomic E-state index is 12.1. The molecule has 108 valence electrons. The van der Waals surface area contributed by atoms with Crippen molar-refractivity contribution < 1.29 is 13.5 Å². The van der Waals surface area contributed by atoms with E-state index >= 15 is 0 Å². The first-order valence-corrected chi connectivity index (χ1v) is 8.03. The minimum absolute atomic E-state index is 0.116. The van der Waals surface area contributed by atoms with Crippen LogP contribution < -0.4 is 4.72 Å². The van der Waals surface area contributed by atoms with Crippen LogP contribution in [0.4, 0.5) is 0 Å². The van der Waals surface area contributed by atoms with Crippen molar-refractivity contribution in [2.75, 3.05) is 6.54 Å². The zero-order chi connectivity index (χ0) is 14.6. The molecule has 0 saturated carbocycles. The molecule has 19 heavy (non-hydrogen) atoms. The maximum atomic E-state index is 12.1. The lowest BCUT2D eigenvalue weighted by atomic mass is 9.99. The number of sulfonamides is 1. The second kappa shape index (κ2) is 6.70. The SMILES string of the molecule is CC(C)C(C)CNS(=O)(=O)c1ccc(CO)c(Cl)c1. The third kappa shape index (κ3) is 4.45. The van der Waals surface area contributed by atoms with Gasteiger partial charge in [0.1, 0.15) is 0 Å². The first kappa shape index (κ1) is 16.4. The van der Waals surface area contributed by atoms with Crippen LogP contribution in [0.25, 0.3) is 0 Å². The molecule has 6 heteroatoms. The average Bonchev–Trinajstić information content (AvgIpc) is 2.35. The Hall–Kier alpha value is -0.620. The fraction of sp³-hybridized carbons (Fsp3) is 0.538. The summed E-state index contributed by atoms with van der Waals surface area (Å²) in [6.45, 7) is 6.27. The molecule has 1 unspecified atom stereocenters. The Balaban J connectivity index is 2.86. The molecule has 1 aromatic rings. The summed E-state index contributed by atoms with van der Waals surface area (Å²) in [7, 11) is -3.55. The number of halogens is 1. The average molecular weight is 306 g/mol. The van der Waals surface area contributed by atoms with Crippen molar-refractivity contribution in [3.05, 3.63) is 28.8 Å². The molecule has 1 atom stereocenters. The fourth-order valence-electron chi connectivity index (χ4n) is 1.38. The number of hydrogen-bond donors (Lipinski definition) is 2. The van der Waals surface area contributed by atoms with Crippen LogP contribution in [-0.2, 0) is 16.6 Å². The molecule has 0 bridgehead atoms. The van der Waals surface area contributed by atoms with E-state index in [1.807, 2.05) is 20.8 Å². The normalized spacial score (nSPS) is 13.8. The minimum Gasteiger partial charge on any atom is -0.392 e. The van der Waals surface area contributed by atoms with Gasteiger partial charge in [-0.1, -0.05) is 38.4 Å². The molecule has 0 aliphatic rings. The first-order valence-electron chi connectivity index (χ1n) is 6.17. The highest BCUT2D eigenvalue weighted by molar-refractivity contribution is 7.89. The van der Waals surface area contributed by atoms with Gasteiger partial charge < -0.3 is 5.11 Å². The lowest BCUT2D eigenvalue weighted by molar-refractivity contribution is 0.282. The summed E-state index contributed by atoms with van der Waals surface area (Å²) in [6.07, 6.45) is 0. The van der Waals surface area contributed by atoms with Crippen molar-refractivity contribution in [3.8, 4) is 0 Å². The maximum Gasteiger partial charge on any atom is 0.240 e. The van der Waals surface area contributed by atoms with Crippen LogP contribution in [0.1, 0.15) is 26.3 Å². The minimum atomic E-state index is -3.55. The molecular weight excluding hydrogens is 286 g/mol. The molecule has 0 saturated heterocycles. The van der Waals surface area contributed by atoms with Crippen molar-refractivity contribution in [2.45, 2.75) is 32.3 Å². The molecule has 4 nitrogen and oxygen atoms in total. The van der Waals surface area contributed by atoms with Crippen molar-refractivity contribution in [3.63, 3.8) is 0 Å². The monoisotopic (exact) mass is 305 g/mol. The van der Waals surface area contributed by atoms with Crippen molar-refractivity contribution in [1.82, 2.24) is 4.72 Å². The molecule has 1 aromatic carbocycles. The molecule has 0 aliphatic carbocycles.